The summed E-state index contributed by atoms with van der Waals surface area (Å²) in [6.45, 7) is 2.62. The molecule has 6 heteroatoms. The molecule has 0 aromatic carbocycles. The molecule has 0 unspecified atom stereocenters. The van der Waals surface area contributed by atoms with Crippen molar-refractivity contribution in [3.05, 3.63) is 18.0 Å². The van der Waals surface area contributed by atoms with Crippen molar-refractivity contribution in [2.75, 3.05) is 27.2 Å². The van der Waals surface area contributed by atoms with Crippen molar-refractivity contribution in [1.29, 1.82) is 0 Å². The van der Waals surface area contributed by atoms with Crippen LogP contribution in [0.3, 0.4) is 0 Å². The molecule has 0 aliphatic carbocycles. The molecule has 1 aromatic rings. The second kappa shape index (κ2) is 5.18. The van der Waals surface area contributed by atoms with E-state index >= 15 is 0 Å². The Bertz CT molecular complexity index is 499. The van der Waals surface area contributed by atoms with Crippen LogP contribution in [-0.4, -0.2) is 64.9 Å². The van der Waals surface area contributed by atoms with E-state index in [-0.39, 0.29) is 24.0 Å². The lowest BCUT2D eigenvalue weighted by atomic mass is 9.99. The summed E-state index contributed by atoms with van der Waals surface area (Å²) in [7, 11) is 5.56. The Hall–Kier alpha value is -1.40. The number of carbonyl (C=O) groups excluding carboxylic acids is 1. The molecule has 6 nitrogen and oxygen atoms in total. The van der Waals surface area contributed by atoms with Crippen LogP contribution in [0, 0.1) is 5.92 Å². The van der Waals surface area contributed by atoms with Gasteiger partial charge in [0.15, 0.2) is 0 Å². The third kappa shape index (κ3) is 2.58. The molecule has 0 saturated carbocycles. The van der Waals surface area contributed by atoms with Crippen LogP contribution in [-0.2, 0) is 23.1 Å². The van der Waals surface area contributed by atoms with Crippen molar-refractivity contribution in [2.45, 2.75) is 25.2 Å². The van der Waals surface area contributed by atoms with Crippen LogP contribution in [0.4, 0.5) is 0 Å². The molecule has 0 radical (unpaired) electrons. The molecule has 3 atom stereocenters. The number of aromatic nitrogens is 2. The molecule has 1 amide bonds. The van der Waals surface area contributed by atoms with Gasteiger partial charge in [0.25, 0.3) is 0 Å². The normalized spacial score (nSPS) is 29.6. The van der Waals surface area contributed by atoms with E-state index in [9.17, 15) is 4.79 Å². The first-order valence-electron chi connectivity index (χ1n) is 7.09. The second-order valence-corrected chi connectivity index (χ2v) is 6.09. The fourth-order valence-electron chi connectivity index (χ4n) is 3.27. The minimum absolute atomic E-state index is 0.0221. The number of hydrogen-bond acceptors (Lipinski definition) is 4. The second-order valence-electron chi connectivity index (χ2n) is 6.09. The van der Waals surface area contributed by atoms with Crippen molar-refractivity contribution < 1.29 is 9.53 Å². The van der Waals surface area contributed by atoms with Crippen molar-refractivity contribution in [2.24, 2.45) is 13.0 Å². The minimum atomic E-state index is 0.0221. The third-order valence-corrected chi connectivity index (χ3v) is 4.16. The first-order chi connectivity index (χ1) is 9.52. The molecule has 2 aliphatic rings. The van der Waals surface area contributed by atoms with E-state index in [1.54, 1.807) is 4.90 Å². The van der Waals surface area contributed by atoms with Crippen molar-refractivity contribution >= 4 is 5.91 Å². The Balaban J connectivity index is 1.64. The largest absolute Gasteiger partial charge is 0.371 e. The molecule has 2 aliphatic heterocycles. The summed E-state index contributed by atoms with van der Waals surface area (Å²) in [5.41, 5.74) is 1.21. The number of rotatable bonds is 3. The summed E-state index contributed by atoms with van der Waals surface area (Å²) in [5, 5.41) is 4.20. The topological polar surface area (TPSA) is 50.6 Å². The summed E-state index contributed by atoms with van der Waals surface area (Å²) in [6, 6.07) is 0. The van der Waals surface area contributed by atoms with Gasteiger partial charge in [-0.05, 0) is 6.42 Å². The van der Waals surface area contributed by atoms with E-state index in [0.717, 1.165) is 26.1 Å². The minimum Gasteiger partial charge on any atom is -0.371 e. The highest BCUT2D eigenvalue weighted by atomic mass is 16.5. The van der Waals surface area contributed by atoms with Crippen molar-refractivity contribution in [3.8, 4) is 0 Å². The molecule has 110 valence electrons. The smallest absolute Gasteiger partial charge is 0.227 e. The zero-order valence-electron chi connectivity index (χ0n) is 12.3. The molecular weight excluding hydrogens is 256 g/mol. The first kappa shape index (κ1) is 13.6. The molecule has 20 heavy (non-hydrogen) atoms. The van der Waals surface area contributed by atoms with E-state index in [1.807, 2.05) is 38.2 Å². The van der Waals surface area contributed by atoms with Crippen LogP contribution in [0.1, 0.15) is 12.0 Å². The molecule has 3 heterocycles. The lowest BCUT2D eigenvalue weighted by Crippen LogP contribution is -2.44. The molecule has 0 N–H and O–H groups in total. The number of fused-ring (bicyclic) bond motifs is 2. The van der Waals surface area contributed by atoms with Gasteiger partial charge in [-0.25, -0.2) is 0 Å². The predicted molar refractivity (Wildman–Crippen MR) is 73.9 cm³/mol. The van der Waals surface area contributed by atoms with Crippen LogP contribution in [0.5, 0.6) is 0 Å². The highest BCUT2D eigenvalue weighted by Gasteiger charge is 2.44. The maximum atomic E-state index is 12.2. The van der Waals surface area contributed by atoms with Crippen LogP contribution >= 0.6 is 0 Å². The number of nitrogens with zero attached hydrogens (tertiary/aromatic N) is 4. The van der Waals surface area contributed by atoms with Crippen molar-refractivity contribution in [1.82, 2.24) is 19.6 Å². The molecule has 1 aromatic heterocycles. The van der Waals surface area contributed by atoms with Gasteiger partial charge in [-0.1, -0.05) is 0 Å². The van der Waals surface area contributed by atoms with Crippen LogP contribution in [0.25, 0.3) is 0 Å². The zero-order valence-corrected chi connectivity index (χ0v) is 12.3. The van der Waals surface area contributed by atoms with E-state index in [2.05, 4.69) is 10.00 Å². The number of carbonyl (C=O) groups is 1. The molecule has 2 bridgehead atoms. The maximum Gasteiger partial charge on any atom is 0.227 e. The highest BCUT2D eigenvalue weighted by Crippen LogP contribution is 2.33. The van der Waals surface area contributed by atoms with Gasteiger partial charge in [-0.3, -0.25) is 14.4 Å². The monoisotopic (exact) mass is 278 g/mol. The van der Waals surface area contributed by atoms with Gasteiger partial charge in [-0.2, -0.15) is 5.10 Å². The van der Waals surface area contributed by atoms with Crippen LogP contribution in [0.15, 0.2) is 12.4 Å². The number of morpholine rings is 1. The van der Waals surface area contributed by atoms with Crippen LogP contribution in [0.2, 0.25) is 0 Å². The maximum absolute atomic E-state index is 12.2. The van der Waals surface area contributed by atoms with Gasteiger partial charge in [0, 0.05) is 52.5 Å². The number of amides is 1. The van der Waals surface area contributed by atoms with Crippen molar-refractivity contribution in [3.63, 3.8) is 0 Å². The molecule has 2 saturated heterocycles. The Labute approximate surface area is 119 Å². The highest BCUT2D eigenvalue weighted by molar-refractivity contribution is 5.79. The summed E-state index contributed by atoms with van der Waals surface area (Å²) in [4.78, 5) is 16.2. The number of likely N-dealkylation sites (tertiary alicyclic amines) is 1. The summed E-state index contributed by atoms with van der Waals surface area (Å²) < 4.78 is 7.77. The Morgan fingerprint density at radius 3 is 2.95 bits per heavy atom. The van der Waals surface area contributed by atoms with Gasteiger partial charge < -0.3 is 9.64 Å². The first-order valence-corrected chi connectivity index (χ1v) is 7.09. The number of aryl methyl sites for hydroxylation is 1. The van der Waals surface area contributed by atoms with Gasteiger partial charge in [-0.15, -0.1) is 0 Å². The predicted octanol–water partition coefficient (Wildman–Crippen LogP) is 0.0976. The molecule has 3 rings (SSSR count). The van der Waals surface area contributed by atoms with Gasteiger partial charge in [0.2, 0.25) is 5.91 Å². The third-order valence-electron chi connectivity index (χ3n) is 4.16. The van der Waals surface area contributed by atoms with E-state index in [1.165, 1.54) is 5.56 Å². The summed E-state index contributed by atoms with van der Waals surface area (Å²) in [5.74, 6) is 0.217. The summed E-state index contributed by atoms with van der Waals surface area (Å²) >= 11 is 0. The van der Waals surface area contributed by atoms with Gasteiger partial charge >= 0.3 is 0 Å². The fraction of sp³-hybridized carbons (Fsp3) is 0.714. The SMILES string of the molecule is CN(C)C(=O)[C@H]1C[C@H]2CN(Cc3cnn(C)c3)C[C@H]1O2. The lowest BCUT2D eigenvalue weighted by molar-refractivity contribution is -0.136. The lowest BCUT2D eigenvalue weighted by Gasteiger charge is -2.32. The quantitative estimate of drug-likeness (QED) is 0.787. The summed E-state index contributed by atoms with van der Waals surface area (Å²) in [6.07, 6.45) is 5.03. The van der Waals surface area contributed by atoms with Crippen LogP contribution < -0.4 is 0 Å². The number of hydrogen-bond donors (Lipinski definition) is 0. The Morgan fingerprint density at radius 2 is 2.30 bits per heavy atom. The van der Waals surface area contributed by atoms with E-state index < -0.39 is 0 Å². The Kier molecular flexibility index (Phi) is 3.52. The van der Waals surface area contributed by atoms with E-state index in [0.29, 0.717) is 0 Å². The van der Waals surface area contributed by atoms with Gasteiger partial charge in [0.1, 0.15) is 0 Å². The zero-order chi connectivity index (χ0) is 14.3. The van der Waals surface area contributed by atoms with E-state index in [4.69, 9.17) is 4.74 Å². The average molecular weight is 278 g/mol. The molecular formula is C14H22N4O2. The standard InChI is InChI=1S/C14H22N4O2/c1-16(2)14(19)12-4-11-8-18(9-13(12)20-11)7-10-5-15-17(3)6-10/h5-6,11-13H,4,7-9H2,1-3H3/t11-,12-,13+/m0/s1. The molecule has 2 fully saturated rings. The molecule has 0 spiro atoms. The number of ether oxygens (including phenoxy) is 1. The Morgan fingerprint density at radius 1 is 1.50 bits per heavy atom. The fourth-order valence-corrected chi connectivity index (χ4v) is 3.27. The van der Waals surface area contributed by atoms with Gasteiger partial charge in [0.05, 0.1) is 24.3 Å². The average Bonchev–Trinajstić information content (AvgIpc) is 2.92.